The second-order valence-corrected chi connectivity index (χ2v) is 5.99. The predicted molar refractivity (Wildman–Crippen MR) is 72.2 cm³/mol. The number of halogens is 3. The maximum Gasteiger partial charge on any atom is 0.433 e. The molecule has 118 valence electrons. The molecular formula is C12H11F3N4O2S. The molecule has 0 amide bonds. The normalized spacial score (nSPS) is 12.2. The van der Waals surface area contributed by atoms with Crippen LogP contribution in [-0.4, -0.2) is 18.4 Å². The third-order valence-electron chi connectivity index (χ3n) is 2.57. The highest BCUT2D eigenvalue weighted by atomic mass is 32.2. The van der Waals surface area contributed by atoms with Crippen molar-refractivity contribution in [3.63, 3.8) is 0 Å². The molecule has 0 saturated carbocycles. The van der Waals surface area contributed by atoms with Crippen LogP contribution in [0, 0.1) is 6.92 Å². The van der Waals surface area contributed by atoms with Gasteiger partial charge in [0.25, 0.3) is 10.0 Å². The maximum absolute atomic E-state index is 12.5. The molecule has 6 nitrogen and oxygen atoms in total. The van der Waals surface area contributed by atoms with Crippen LogP contribution >= 0.6 is 0 Å². The molecule has 1 aromatic carbocycles. The lowest BCUT2D eigenvalue weighted by atomic mass is 10.2. The summed E-state index contributed by atoms with van der Waals surface area (Å²) in [6, 6.07) is 6.60. The Labute approximate surface area is 124 Å². The molecule has 1 aromatic heterocycles. The van der Waals surface area contributed by atoms with E-state index in [0.29, 0.717) is 6.07 Å². The van der Waals surface area contributed by atoms with Gasteiger partial charge in [0.2, 0.25) is 5.95 Å². The lowest BCUT2D eigenvalue weighted by molar-refractivity contribution is -0.141. The van der Waals surface area contributed by atoms with E-state index in [2.05, 4.69) is 15.4 Å². The van der Waals surface area contributed by atoms with Crippen LogP contribution in [0.5, 0.6) is 0 Å². The number of hydrogen-bond donors (Lipinski definition) is 2. The van der Waals surface area contributed by atoms with Gasteiger partial charge in [0.05, 0.1) is 4.90 Å². The van der Waals surface area contributed by atoms with Crippen LogP contribution in [-0.2, 0) is 16.2 Å². The number of aromatic nitrogens is 2. The Kier molecular flexibility index (Phi) is 4.33. The fourth-order valence-corrected chi connectivity index (χ4v) is 2.30. The van der Waals surface area contributed by atoms with Crippen molar-refractivity contribution in [2.75, 3.05) is 5.43 Å². The Balaban J connectivity index is 2.14. The summed E-state index contributed by atoms with van der Waals surface area (Å²) in [6.45, 7) is 1.79. The van der Waals surface area contributed by atoms with Gasteiger partial charge in [-0.3, -0.25) is 5.43 Å². The zero-order valence-electron chi connectivity index (χ0n) is 11.2. The van der Waals surface area contributed by atoms with E-state index in [-0.39, 0.29) is 4.90 Å². The predicted octanol–water partition coefficient (Wildman–Crippen LogP) is 2.11. The first-order chi connectivity index (χ1) is 10.2. The molecule has 2 aromatic rings. The van der Waals surface area contributed by atoms with Crippen LogP contribution < -0.4 is 10.3 Å². The Hall–Kier alpha value is -2.20. The van der Waals surface area contributed by atoms with Gasteiger partial charge in [-0.25, -0.2) is 18.4 Å². The minimum absolute atomic E-state index is 0.0439. The summed E-state index contributed by atoms with van der Waals surface area (Å²) >= 11 is 0. The summed E-state index contributed by atoms with van der Waals surface area (Å²) in [4.78, 5) is 8.57. The second-order valence-electron chi connectivity index (χ2n) is 4.31. The minimum Gasteiger partial charge on any atom is -0.276 e. The molecule has 22 heavy (non-hydrogen) atoms. The van der Waals surface area contributed by atoms with Crippen LogP contribution in [0.1, 0.15) is 11.3 Å². The first kappa shape index (κ1) is 16.2. The van der Waals surface area contributed by atoms with Crippen LogP contribution in [0.25, 0.3) is 0 Å². The van der Waals surface area contributed by atoms with Gasteiger partial charge >= 0.3 is 6.18 Å². The van der Waals surface area contributed by atoms with Gasteiger partial charge in [0.15, 0.2) is 0 Å². The van der Waals surface area contributed by atoms with Crippen LogP contribution in [0.15, 0.2) is 41.4 Å². The van der Waals surface area contributed by atoms with E-state index in [1.807, 2.05) is 4.83 Å². The molecular weight excluding hydrogens is 321 g/mol. The molecule has 0 fully saturated rings. The van der Waals surface area contributed by atoms with Gasteiger partial charge < -0.3 is 0 Å². The van der Waals surface area contributed by atoms with E-state index >= 15 is 0 Å². The number of hydrogen-bond acceptors (Lipinski definition) is 5. The number of sulfonamides is 1. The average Bonchev–Trinajstić information content (AvgIpc) is 2.45. The summed E-state index contributed by atoms with van der Waals surface area (Å²) < 4.78 is 61.4. The van der Waals surface area contributed by atoms with Gasteiger partial charge in [0.1, 0.15) is 5.69 Å². The van der Waals surface area contributed by atoms with Crippen LogP contribution in [0.3, 0.4) is 0 Å². The molecule has 0 spiro atoms. The van der Waals surface area contributed by atoms with Crippen molar-refractivity contribution in [3.8, 4) is 0 Å². The molecule has 0 bridgehead atoms. The zero-order valence-corrected chi connectivity index (χ0v) is 12.0. The Morgan fingerprint density at radius 3 is 2.32 bits per heavy atom. The van der Waals surface area contributed by atoms with Crippen molar-refractivity contribution in [3.05, 3.63) is 47.8 Å². The number of alkyl halides is 3. The van der Waals surface area contributed by atoms with E-state index in [0.717, 1.165) is 11.8 Å². The van der Waals surface area contributed by atoms with Crippen molar-refractivity contribution in [1.29, 1.82) is 0 Å². The quantitative estimate of drug-likeness (QED) is 0.838. The van der Waals surface area contributed by atoms with E-state index in [4.69, 9.17) is 0 Å². The Bertz CT molecular complexity index is 761. The van der Waals surface area contributed by atoms with Crippen molar-refractivity contribution in [2.45, 2.75) is 18.0 Å². The highest BCUT2D eigenvalue weighted by Crippen LogP contribution is 2.27. The third kappa shape index (κ3) is 3.92. The topological polar surface area (TPSA) is 84.0 Å². The fraction of sp³-hybridized carbons (Fsp3) is 0.167. The Morgan fingerprint density at radius 2 is 1.73 bits per heavy atom. The maximum atomic E-state index is 12.5. The van der Waals surface area contributed by atoms with Crippen molar-refractivity contribution < 1.29 is 21.6 Å². The number of nitrogens with zero attached hydrogens (tertiary/aromatic N) is 2. The molecule has 0 saturated heterocycles. The molecule has 2 N–H and O–H groups in total. The largest absolute Gasteiger partial charge is 0.433 e. The third-order valence-corrected chi connectivity index (χ3v) is 3.84. The second kappa shape index (κ2) is 5.89. The zero-order chi connectivity index (χ0) is 16.4. The standard InChI is InChI=1S/C12H11F3N4O2S/c1-8-2-4-9(5-3-8)22(20,21)19-18-11-16-7-6-10(17-11)12(13,14)15/h2-7,19H,1H3,(H,16,17,18). The van der Waals surface area contributed by atoms with E-state index in [1.165, 1.54) is 12.1 Å². The number of anilines is 1. The number of hydrazine groups is 1. The minimum atomic E-state index is -4.64. The fourth-order valence-electron chi connectivity index (χ4n) is 1.47. The first-order valence-electron chi connectivity index (χ1n) is 5.93. The summed E-state index contributed by atoms with van der Waals surface area (Å²) in [5.74, 6) is -0.509. The number of rotatable bonds is 4. The molecule has 2 rings (SSSR count). The highest BCUT2D eigenvalue weighted by Gasteiger charge is 2.32. The summed E-state index contributed by atoms with van der Waals surface area (Å²) in [5, 5.41) is 0. The van der Waals surface area contributed by atoms with E-state index in [9.17, 15) is 21.6 Å². The van der Waals surface area contributed by atoms with Gasteiger partial charge in [-0.2, -0.15) is 13.2 Å². The van der Waals surface area contributed by atoms with E-state index in [1.54, 1.807) is 19.1 Å². The smallest absolute Gasteiger partial charge is 0.276 e. The van der Waals surface area contributed by atoms with Gasteiger partial charge in [-0.05, 0) is 25.1 Å². The molecule has 0 aliphatic rings. The number of benzene rings is 1. The molecule has 10 heteroatoms. The Morgan fingerprint density at radius 1 is 1.09 bits per heavy atom. The highest BCUT2D eigenvalue weighted by molar-refractivity contribution is 7.89. The number of nitrogens with one attached hydrogen (secondary N) is 2. The summed E-state index contributed by atoms with van der Waals surface area (Å²) in [6.07, 6.45) is -3.77. The molecule has 0 atom stereocenters. The number of aryl methyl sites for hydroxylation is 1. The molecule has 1 heterocycles. The molecule has 0 aliphatic carbocycles. The molecule has 0 radical (unpaired) electrons. The van der Waals surface area contributed by atoms with Gasteiger partial charge in [-0.15, -0.1) is 4.83 Å². The lowest BCUT2D eigenvalue weighted by Gasteiger charge is -2.10. The van der Waals surface area contributed by atoms with Gasteiger partial charge in [-0.1, -0.05) is 17.7 Å². The van der Waals surface area contributed by atoms with Crippen LogP contribution in [0.4, 0.5) is 19.1 Å². The monoisotopic (exact) mass is 332 g/mol. The van der Waals surface area contributed by atoms with E-state index < -0.39 is 27.8 Å². The first-order valence-corrected chi connectivity index (χ1v) is 7.41. The SMILES string of the molecule is Cc1ccc(S(=O)(=O)NNc2nccc(C(F)(F)F)n2)cc1. The van der Waals surface area contributed by atoms with Crippen molar-refractivity contribution in [1.82, 2.24) is 14.8 Å². The summed E-state index contributed by atoms with van der Waals surface area (Å²) in [5.41, 5.74) is 1.74. The average molecular weight is 332 g/mol. The van der Waals surface area contributed by atoms with Crippen LogP contribution in [0.2, 0.25) is 0 Å². The van der Waals surface area contributed by atoms with Crippen molar-refractivity contribution in [2.24, 2.45) is 0 Å². The summed E-state index contributed by atoms with van der Waals surface area (Å²) in [7, 11) is -3.95. The molecule has 0 aliphatic heterocycles. The lowest BCUT2D eigenvalue weighted by Crippen LogP contribution is -2.30. The molecule has 0 unspecified atom stereocenters. The van der Waals surface area contributed by atoms with Gasteiger partial charge in [0, 0.05) is 6.20 Å². The van der Waals surface area contributed by atoms with Crippen molar-refractivity contribution >= 4 is 16.0 Å².